The first-order valence-corrected chi connectivity index (χ1v) is 6.59. The molecule has 3 N–H and O–H groups in total. The van der Waals surface area contributed by atoms with E-state index in [1.165, 1.54) is 0 Å². The molecule has 0 bridgehead atoms. The Bertz CT molecular complexity index is 540. The average Bonchev–Trinajstić information content (AvgIpc) is 3.09. The largest absolute Gasteiger partial charge is 0.367 e. The first-order chi connectivity index (χ1) is 9.72. The summed E-state index contributed by atoms with van der Waals surface area (Å²) in [6, 6.07) is -0.349. The van der Waals surface area contributed by atoms with Crippen LogP contribution in [0.2, 0.25) is 0 Å². The molecule has 0 aliphatic carbocycles. The predicted molar refractivity (Wildman–Crippen MR) is 69.7 cm³/mol. The lowest BCUT2D eigenvalue weighted by Gasteiger charge is -2.27. The number of rotatable bonds is 4. The first-order valence-electron chi connectivity index (χ1n) is 6.59. The van der Waals surface area contributed by atoms with Crippen LogP contribution in [0, 0.1) is 0 Å². The van der Waals surface area contributed by atoms with E-state index in [-0.39, 0.29) is 12.1 Å². The Balaban J connectivity index is 1.66. The summed E-state index contributed by atoms with van der Waals surface area (Å²) < 4.78 is 10.9. The van der Waals surface area contributed by atoms with Crippen molar-refractivity contribution in [2.75, 3.05) is 26.7 Å². The Kier molecular flexibility index (Phi) is 3.77. The number of aromatic nitrogens is 4. The van der Waals surface area contributed by atoms with Gasteiger partial charge in [0.25, 0.3) is 0 Å². The van der Waals surface area contributed by atoms with Gasteiger partial charge in [-0.15, -0.1) is 0 Å². The number of H-pyrrole nitrogens is 1. The molecule has 0 aromatic carbocycles. The highest BCUT2D eigenvalue weighted by atomic mass is 16.5. The summed E-state index contributed by atoms with van der Waals surface area (Å²) in [5.41, 5.74) is 7.00. The number of hydrogen-bond donors (Lipinski definition) is 2. The van der Waals surface area contributed by atoms with Gasteiger partial charge in [0.15, 0.2) is 0 Å². The standard InChI is InChI=1S/C12H18N6O2/c1-18-2-3-19-10(6-18)11-16-12(20-17-11)9(13)4-8-5-14-7-15-8/h5,7,9-10H,2-4,6,13H2,1H3,(H,14,15). The quantitative estimate of drug-likeness (QED) is 0.813. The molecule has 1 saturated heterocycles. The molecule has 108 valence electrons. The fourth-order valence-electron chi connectivity index (χ4n) is 2.18. The van der Waals surface area contributed by atoms with Crippen molar-refractivity contribution in [1.29, 1.82) is 0 Å². The van der Waals surface area contributed by atoms with E-state index in [9.17, 15) is 0 Å². The van der Waals surface area contributed by atoms with Crippen LogP contribution in [-0.4, -0.2) is 51.8 Å². The molecule has 20 heavy (non-hydrogen) atoms. The maximum atomic E-state index is 6.06. The Labute approximate surface area is 116 Å². The van der Waals surface area contributed by atoms with Gasteiger partial charge in [-0.05, 0) is 7.05 Å². The van der Waals surface area contributed by atoms with Crippen LogP contribution in [0.25, 0.3) is 0 Å². The second-order valence-corrected chi connectivity index (χ2v) is 5.00. The highest BCUT2D eigenvalue weighted by molar-refractivity contribution is 5.03. The number of likely N-dealkylation sites (N-methyl/N-ethyl adjacent to an activating group) is 1. The van der Waals surface area contributed by atoms with Crippen molar-refractivity contribution >= 4 is 0 Å². The molecule has 1 aliphatic rings. The van der Waals surface area contributed by atoms with Crippen molar-refractivity contribution in [1.82, 2.24) is 25.0 Å². The number of morpholine rings is 1. The van der Waals surface area contributed by atoms with Gasteiger partial charge in [-0.25, -0.2) is 4.98 Å². The molecule has 2 aromatic heterocycles. The number of nitrogens with zero attached hydrogens (tertiary/aromatic N) is 4. The number of nitrogens with one attached hydrogen (secondary N) is 1. The molecular formula is C12H18N6O2. The summed E-state index contributed by atoms with van der Waals surface area (Å²) in [4.78, 5) is 13.5. The number of hydrogen-bond acceptors (Lipinski definition) is 7. The Hall–Kier alpha value is -1.77. The summed E-state index contributed by atoms with van der Waals surface area (Å²) in [6.45, 7) is 2.35. The third-order valence-electron chi connectivity index (χ3n) is 3.33. The van der Waals surface area contributed by atoms with E-state index in [0.29, 0.717) is 24.7 Å². The van der Waals surface area contributed by atoms with Gasteiger partial charge in [0.1, 0.15) is 6.10 Å². The summed E-state index contributed by atoms with van der Waals surface area (Å²) in [6.07, 6.45) is 3.78. The highest BCUT2D eigenvalue weighted by Gasteiger charge is 2.25. The molecule has 3 heterocycles. The fraction of sp³-hybridized carbons (Fsp3) is 0.583. The molecule has 2 aromatic rings. The molecule has 0 radical (unpaired) electrons. The number of nitrogens with two attached hydrogens (primary N) is 1. The Morgan fingerprint density at radius 2 is 2.50 bits per heavy atom. The molecule has 0 spiro atoms. The second kappa shape index (κ2) is 5.70. The van der Waals surface area contributed by atoms with E-state index in [1.807, 2.05) is 7.05 Å². The monoisotopic (exact) mass is 278 g/mol. The molecule has 1 aliphatic heterocycles. The minimum absolute atomic E-state index is 0.148. The normalized spacial score (nSPS) is 22.0. The van der Waals surface area contributed by atoms with Gasteiger partial charge < -0.3 is 24.9 Å². The summed E-state index contributed by atoms with van der Waals surface area (Å²) in [5.74, 6) is 0.984. The zero-order valence-corrected chi connectivity index (χ0v) is 11.3. The minimum Gasteiger partial charge on any atom is -0.367 e. The summed E-state index contributed by atoms with van der Waals surface area (Å²) in [7, 11) is 2.04. The second-order valence-electron chi connectivity index (χ2n) is 5.00. The third-order valence-corrected chi connectivity index (χ3v) is 3.33. The molecule has 3 rings (SSSR count). The number of imidazole rings is 1. The molecular weight excluding hydrogens is 260 g/mol. The Morgan fingerprint density at radius 1 is 1.60 bits per heavy atom. The average molecular weight is 278 g/mol. The van der Waals surface area contributed by atoms with E-state index in [1.54, 1.807) is 12.5 Å². The molecule has 1 fully saturated rings. The van der Waals surface area contributed by atoms with Crippen molar-refractivity contribution in [2.24, 2.45) is 5.73 Å². The van der Waals surface area contributed by atoms with Gasteiger partial charge in [0, 0.05) is 31.4 Å². The van der Waals surface area contributed by atoms with Crippen LogP contribution in [-0.2, 0) is 11.2 Å². The zero-order valence-electron chi connectivity index (χ0n) is 11.3. The smallest absolute Gasteiger partial charge is 0.244 e. The SMILES string of the molecule is CN1CCOC(c2noc(C(N)Cc3cnc[nH]3)n2)C1. The summed E-state index contributed by atoms with van der Waals surface area (Å²) in [5, 5.41) is 3.98. The molecule has 0 amide bonds. The lowest BCUT2D eigenvalue weighted by molar-refractivity contribution is -0.0264. The first kappa shape index (κ1) is 13.2. The minimum atomic E-state index is -0.349. The predicted octanol–water partition coefficient (Wildman–Crippen LogP) is 0.0383. The van der Waals surface area contributed by atoms with Crippen LogP contribution >= 0.6 is 0 Å². The van der Waals surface area contributed by atoms with Crippen LogP contribution in [0.4, 0.5) is 0 Å². The lowest BCUT2D eigenvalue weighted by Crippen LogP contribution is -2.35. The zero-order chi connectivity index (χ0) is 13.9. The van der Waals surface area contributed by atoms with Crippen molar-refractivity contribution in [3.05, 3.63) is 29.9 Å². The van der Waals surface area contributed by atoms with E-state index >= 15 is 0 Å². The van der Waals surface area contributed by atoms with Crippen LogP contribution in [0.5, 0.6) is 0 Å². The maximum Gasteiger partial charge on any atom is 0.244 e. The van der Waals surface area contributed by atoms with Gasteiger partial charge >= 0.3 is 0 Å². The van der Waals surface area contributed by atoms with Gasteiger partial charge in [-0.2, -0.15) is 4.98 Å². The molecule has 2 atom stereocenters. The molecule has 8 heteroatoms. The van der Waals surface area contributed by atoms with Crippen LogP contribution < -0.4 is 5.73 Å². The van der Waals surface area contributed by atoms with Crippen molar-refractivity contribution in [3.8, 4) is 0 Å². The van der Waals surface area contributed by atoms with Gasteiger partial charge in [0.05, 0.1) is 19.0 Å². The van der Waals surface area contributed by atoms with Gasteiger partial charge in [-0.3, -0.25) is 0 Å². The highest BCUT2D eigenvalue weighted by Crippen LogP contribution is 2.21. The third kappa shape index (κ3) is 2.87. The van der Waals surface area contributed by atoms with Crippen LogP contribution in [0.1, 0.15) is 29.6 Å². The van der Waals surface area contributed by atoms with E-state index in [4.69, 9.17) is 15.0 Å². The van der Waals surface area contributed by atoms with Gasteiger partial charge in [0.2, 0.25) is 11.7 Å². The van der Waals surface area contributed by atoms with E-state index < -0.39 is 0 Å². The van der Waals surface area contributed by atoms with Crippen LogP contribution in [0.15, 0.2) is 17.0 Å². The topological polar surface area (TPSA) is 106 Å². The van der Waals surface area contributed by atoms with Crippen molar-refractivity contribution in [3.63, 3.8) is 0 Å². The molecule has 8 nitrogen and oxygen atoms in total. The van der Waals surface area contributed by atoms with Crippen LogP contribution in [0.3, 0.4) is 0 Å². The van der Waals surface area contributed by atoms with Crippen molar-refractivity contribution < 1.29 is 9.26 Å². The van der Waals surface area contributed by atoms with E-state index in [0.717, 1.165) is 18.8 Å². The summed E-state index contributed by atoms with van der Waals surface area (Å²) >= 11 is 0. The Morgan fingerprint density at radius 3 is 3.25 bits per heavy atom. The number of aromatic amines is 1. The number of ether oxygens (including phenoxy) is 1. The van der Waals surface area contributed by atoms with Crippen molar-refractivity contribution in [2.45, 2.75) is 18.6 Å². The van der Waals surface area contributed by atoms with Gasteiger partial charge in [-0.1, -0.05) is 5.16 Å². The molecule has 2 unspecified atom stereocenters. The van der Waals surface area contributed by atoms with E-state index in [2.05, 4.69) is 25.0 Å². The molecule has 0 saturated carbocycles. The fourth-order valence-corrected chi connectivity index (χ4v) is 2.18. The lowest BCUT2D eigenvalue weighted by atomic mass is 10.2. The maximum absolute atomic E-state index is 6.06.